The standard InChI is InChI=1S/C17H29N3/c1-7-10-20(17(4,5)6)16-9-8-15(13-19-16)12-18-11-14(2)3/h7-9,13-14,18H,1,10-12H2,2-6H3. The SMILES string of the molecule is C=CCN(c1ccc(CNCC(C)C)cn1)C(C)(C)C. The molecule has 0 spiro atoms. The van der Waals surface area contributed by atoms with Gasteiger partial charge in [-0.15, -0.1) is 6.58 Å². The molecule has 0 bridgehead atoms. The molecule has 112 valence electrons. The maximum Gasteiger partial charge on any atom is 0.129 e. The molecular weight excluding hydrogens is 246 g/mol. The van der Waals surface area contributed by atoms with Crippen LogP contribution in [0.4, 0.5) is 5.82 Å². The van der Waals surface area contributed by atoms with Gasteiger partial charge < -0.3 is 10.2 Å². The predicted octanol–water partition coefficient (Wildman–Crippen LogP) is 3.62. The van der Waals surface area contributed by atoms with Crippen molar-refractivity contribution in [2.45, 2.75) is 46.7 Å². The summed E-state index contributed by atoms with van der Waals surface area (Å²) in [4.78, 5) is 6.86. The highest BCUT2D eigenvalue weighted by atomic mass is 15.2. The van der Waals surface area contributed by atoms with Gasteiger partial charge in [0, 0.05) is 24.8 Å². The van der Waals surface area contributed by atoms with Crippen LogP contribution in [0.15, 0.2) is 31.0 Å². The number of hydrogen-bond acceptors (Lipinski definition) is 3. The summed E-state index contributed by atoms with van der Waals surface area (Å²) >= 11 is 0. The van der Waals surface area contributed by atoms with E-state index in [1.807, 2.05) is 12.3 Å². The van der Waals surface area contributed by atoms with Crippen LogP contribution in [0.3, 0.4) is 0 Å². The molecule has 1 rings (SSSR count). The first kappa shape index (κ1) is 16.7. The molecule has 0 unspecified atom stereocenters. The van der Waals surface area contributed by atoms with Gasteiger partial charge in [0.2, 0.25) is 0 Å². The average molecular weight is 275 g/mol. The third-order valence-corrected chi connectivity index (χ3v) is 3.09. The van der Waals surface area contributed by atoms with Gasteiger partial charge in [-0.3, -0.25) is 0 Å². The molecule has 0 amide bonds. The van der Waals surface area contributed by atoms with Crippen molar-refractivity contribution in [1.29, 1.82) is 0 Å². The molecule has 0 saturated heterocycles. The maximum absolute atomic E-state index is 4.60. The Morgan fingerprint density at radius 2 is 2.05 bits per heavy atom. The Balaban J connectivity index is 2.71. The molecule has 1 aromatic rings. The van der Waals surface area contributed by atoms with Crippen LogP contribution in [-0.2, 0) is 6.54 Å². The van der Waals surface area contributed by atoms with E-state index in [0.29, 0.717) is 5.92 Å². The second-order valence-corrected chi connectivity index (χ2v) is 6.62. The molecule has 0 aliphatic heterocycles. The fraction of sp³-hybridized carbons (Fsp3) is 0.588. The first-order valence-corrected chi connectivity index (χ1v) is 7.38. The van der Waals surface area contributed by atoms with E-state index in [9.17, 15) is 0 Å². The Labute approximate surface area is 124 Å². The van der Waals surface area contributed by atoms with Gasteiger partial charge in [-0.1, -0.05) is 26.0 Å². The largest absolute Gasteiger partial charge is 0.348 e. The molecule has 1 N–H and O–H groups in total. The van der Waals surface area contributed by atoms with Crippen LogP contribution in [0.2, 0.25) is 0 Å². The Bertz CT molecular complexity index is 401. The van der Waals surface area contributed by atoms with Gasteiger partial charge in [0.05, 0.1) is 0 Å². The quantitative estimate of drug-likeness (QED) is 0.770. The molecule has 0 aliphatic rings. The summed E-state index contributed by atoms with van der Waals surface area (Å²) in [6, 6.07) is 4.25. The Kier molecular flexibility index (Phi) is 6.21. The lowest BCUT2D eigenvalue weighted by atomic mass is 10.1. The molecule has 1 heterocycles. The fourth-order valence-corrected chi connectivity index (χ4v) is 2.03. The van der Waals surface area contributed by atoms with Crippen molar-refractivity contribution in [3.63, 3.8) is 0 Å². The topological polar surface area (TPSA) is 28.2 Å². The number of aromatic nitrogens is 1. The zero-order valence-electron chi connectivity index (χ0n) is 13.6. The summed E-state index contributed by atoms with van der Waals surface area (Å²) < 4.78 is 0. The second kappa shape index (κ2) is 7.44. The average Bonchev–Trinajstić information content (AvgIpc) is 2.35. The third kappa shape index (κ3) is 5.33. The number of pyridine rings is 1. The molecule has 0 atom stereocenters. The van der Waals surface area contributed by atoms with Gasteiger partial charge in [0.1, 0.15) is 5.82 Å². The molecule has 3 heteroatoms. The van der Waals surface area contributed by atoms with E-state index in [2.05, 4.69) is 68.5 Å². The Hall–Kier alpha value is -1.35. The molecule has 0 aromatic carbocycles. The molecule has 0 saturated carbocycles. The lowest BCUT2D eigenvalue weighted by Gasteiger charge is -2.36. The van der Waals surface area contributed by atoms with Gasteiger partial charge in [0.25, 0.3) is 0 Å². The molecule has 1 aromatic heterocycles. The zero-order valence-corrected chi connectivity index (χ0v) is 13.6. The van der Waals surface area contributed by atoms with Crippen molar-refractivity contribution < 1.29 is 0 Å². The van der Waals surface area contributed by atoms with Crippen LogP contribution in [0.25, 0.3) is 0 Å². The summed E-state index contributed by atoms with van der Waals surface area (Å²) in [6.45, 7) is 17.6. The molecule has 3 nitrogen and oxygen atoms in total. The highest BCUT2D eigenvalue weighted by Crippen LogP contribution is 2.21. The highest BCUT2D eigenvalue weighted by Gasteiger charge is 2.21. The summed E-state index contributed by atoms with van der Waals surface area (Å²) in [5, 5.41) is 3.44. The zero-order chi connectivity index (χ0) is 15.2. The Morgan fingerprint density at radius 3 is 2.50 bits per heavy atom. The van der Waals surface area contributed by atoms with Crippen LogP contribution >= 0.6 is 0 Å². The van der Waals surface area contributed by atoms with Crippen LogP contribution in [-0.4, -0.2) is 23.6 Å². The van der Waals surface area contributed by atoms with Gasteiger partial charge in [0.15, 0.2) is 0 Å². The second-order valence-electron chi connectivity index (χ2n) is 6.62. The molecule has 20 heavy (non-hydrogen) atoms. The van der Waals surface area contributed by atoms with Crippen molar-refractivity contribution >= 4 is 5.82 Å². The number of anilines is 1. The number of nitrogens with zero attached hydrogens (tertiary/aromatic N) is 2. The molecule has 0 aliphatic carbocycles. The molecular formula is C17H29N3. The monoisotopic (exact) mass is 275 g/mol. The lowest BCUT2D eigenvalue weighted by Crippen LogP contribution is -2.42. The van der Waals surface area contributed by atoms with Gasteiger partial charge >= 0.3 is 0 Å². The van der Waals surface area contributed by atoms with Crippen molar-refractivity contribution in [2.24, 2.45) is 5.92 Å². The minimum atomic E-state index is 0.0403. The molecule has 0 radical (unpaired) electrons. The van der Waals surface area contributed by atoms with Crippen molar-refractivity contribution in [3.05, 3.63) is 36.5 Å². The van der Waals surface area contributed by atoms with Crippen LogP contribution < -0.4 is 10.2 Å². The van der Waals surface area contributed by atoms with Gasteiger partial charge in [-0.2, -0.15) is 0 Å². The predicted molar refractivity (Wildman–Crippen MR) is 88.1 cm³/mol. The van der Waals surface area contributed by atoms with Crippen molar-refractivity contribution in [2.75, 3.05) is 18.0 Å². The minimum Gasteiger partial charge on any atom is -0.348 e. The van der Waals surface area contributed by atoms with E-state index in [0.717, 1.165) is 25.5 Å². The summed E-state index contributed by atoms with van der Waals surface area (Å²) in [6.07, 6.45) is 3.88. The molecule has 0 fully saturated rings. The Morgan fingerprint density at radius 1 is 1.35 bits per heavy atom. The lowest BCUT2D eigenvalue weighted by molar-refractivity contribution is 0.517. The van der Waals surface area contributed by atoms with Crippen LogP contribution in [0.1, 0.15) is 40.2 Å². The number of hydrogen-bond donors (Lipinski definition) is 1. The van der Waals surface area contributed by atoms with E-state index in [1.54, 1.807) is 0 Å². The smallest absolute Gasteiger partial charge is 0.129 e. The van der Waals surface area contributed by atoms with E-state index in [-0.39, 0.29) is 5.54 Å². The number of rotatable bonds is 7. The van der Waals surface area contributed by atoms with E-state index < -0.39 is 0 Å². The van der Waals surface area contributed by atoms with Crippen LogP contribution in [0.5, 0.6) is 0 Å². The van der Waals surface area contributed by atoms with E-state index in [1.165, 1.54) is 5.56 Å². The summed E-state index contributed by atoms with van der Waals surface area (Å²) in [5.74, 6) is 1.68. The summed E-state index contributed by atoms with van der Waals surface area (Å²) in [7, 11) is 0. The highest BCUT2D eigenvalue weighted by molar-refractivity contribution is 5.42. The van der Waals surface area contributed by atoms with E-state index in [4.69, 9.17) is 0 Å². The summed E-state index contributed by atoms with van der Waals surface area (Å²) in [5.41, 5.74) is 1.26. The van der Waals surface area contributed by atoms with Crippen LogP contribution in [0, 0.1) is 5.92 Å². The third-order valence-electron chi connectivity index (χ3n) is 3.09. The van der Waals surface area contributed by atoms with E-state index >= 15 is 0 Å². The first-order valence-electron chi connectivity index (χ1n) is 7.38. The van der Waals surface area contributed by atoms with Gasteiger partial charge in [-0.05, 0) is 44.9 Å². The maximum atomic E-state index is 4.60. The first-order chi connectivity index (χ1) is 9.34. The normalized spacial score (nSPS) is 11.7. The fourth-order valence-electron chi connectivity index (χ4n) is 2.03. The van der Waals surface area contributed by atoms with Crippen molar-refractivity contribution in [3.8, 4) is 0 Å². The van der Waals surface area contributed by atoms with Gasteiger partial charge in [-0.25, -0.2) is 4.98 Å². The number of nitrogens with one attached hydrogen (secondary N) is 1. The van der Waals surface area contributed by atoms with Crippen molar-refractivity contribution in [1.82, 2.24) is 10.3 Å². The minimum absolute atomic E-state index is 0.0403.